The first kappa shape index (κ1) is 20.8. The summed E-state index contributed by atoms with van der Waals surface area (Å²) in [5.74, 6) is -0.328. The van der Waals surface area contributed by atoms with E-state index in [9.17, 15) is 19.1 Å². The third-order valence-electron chi connectivity index (χ3n) is 7.25. The fourth-order valence-corrected chi connectivity index (χ4v) is 6.69. The van der Waals surface area contributed by atoms with Crippen molar-refractivity contribution in [3.05, 3.63) is 56.1 Å². The van der Waals surface area contributed by atoms with Gasteiger partial charge >= 0.3 is 5.97 Å². The standard InChI is InChI=1S/C24H22FN3O4S/c1-4-24(31)13-5-17-20-11(7-28(17)22(29)12(13)8-32-23(24)30)18-16(26-3)9-33-21-10(2)14(25)6-15(27-20)19(18)21/h5-6,16,26,31H,4,7-9H2,1-3H3/t16-,24+/m1/s1. The van der Waals surface area contributed by atoms with Crippen LogP contribution in [-0.4, -0.2) is 33.4 Å². The van der Waals surface area contributed by atoms with Gasteiger partial charge in [-0.2, -0.15) is 0 Å². The number of cyclic esters (lactones) is 1. The molecule has 0 bridgehead atoms. The van der Waals surface area contributed by atoms with Crippen molar-refractivity contribution in [3.8, 4) is 11.4 Å². The number of rotatable bonds is 2. The molecule has 3 aliphatic rings. The van der Waals surface area contributed by atoms with E-state index < -0.39 is 11.6 Å². The lowest BCUT2D eigenvalue weighted by Crippen LogP contribution is -2.44. The Morgan fingerprint density at radius 3 is 2.88 bits per heavy atom. The van der Waals surface area contributed by atoms with E-state index in [1.807, 2.05) is 7.05 Å². The Kier molecular flexibility index (Phi) is 4.34. The average molecular weight is 468 g/mol. The molecule has 0 saturated carbocycles. The van der Waals surface area contributed by atoms with Crippen molar-refractivity contribution < 1.29 is 19.0 Å². The van der Waals surface area contributed by atoms with Gasteiger partial charge in [-0.25, -0.2) is 14.2 Å². The van der Waals surface area contributed by atoms with Gasteiger partial charge in [0.25, 0.3) is 5.56 Å². The fraction of sp³-hybridized carbons (Fsp3) is 0.375. The monoisotopic (exact) mass is 467 g/mol. The molecule has 0 radical (unpaired) electrons. The van der Waals surface area contributed by atoms with Crippen LogP contribution in [0.4, 0.5) is 4.39 Å². The highest BCUT2D eigenvalue weighted by atomic mass is 32.2. The molecule has 7 nitrogen and oxygen atoms in total. The summed E-state index contributed by atoms with van der Waals surface area (Å²) in [4.78, 5) is 31.6. The molecule has 0 spiro atoms. The molecule has 0 amide bonds. The number of hydrogen-bond donors (Lipinski definition) is 2. The summed E-state index contributed by atoms with van der Waals surface area (Å²) in [6, 6.07) is 3.16. The zero-order chi connectivity index (χ0) is 23.2. The number of thioether (sulfide) groups is 1. The summed E-state index contributed by atoms with van der Waals surface area (Å²) in [5.41, 5.74) is 2.61. The number of fused-ring (bicyclic) bond motifs is 5. The lowest BCUT2D eigenvalue weighted by Gasteiger charge is -2.31. The molecule has 0 aliphatic carbocycles. The quantitative estimate of drug-likeness (QED) is 0.438. The first-order valence-electron chi connectivity index (χ1n) is 10.9. The molecule has 9 heteroatoms. The maximum Gasteiger partial charge on any atom is 0.343 e. The van der Waals surface area contributed by atoms with Crippen LogP contribution >= 0.6 is 11.8 Å². The number of aromatic nitrogens is 2. The molecule has 5 heterocycles. The molecular formula is C24H22FN3O4S. The molecule has 2 aromatic heterocycles. The highest BCUT2D eigenvalue weighted by Crippen LogP contribution is 2.48. The molecule has 170 valence electrons. The molecule has 0 fully saturated rings. The Balaban J connectivity index is 1.70. The van der Waals surface area contributed by atoms with Crippen LogP contribution in [0.3, 0.4) is 0 Å². The first-order chi connectivity index (χ1) is 15.8. The number of pyridine rings is 2. The number of aliphatic hydroxyl groups is 1. The van der Waals surface area contributed by atoms with Crippen LogP contribution in [0, 0.1) is 12.7 Å². The molecule has 3 aromatic rings. The summed E-state index contributed by atoms with van der Waals surface area (Å²) in [6.45, 7) is 3.61. The Hall–Kier alpha value is -2.75. The van der Waals surface area contributed by atoms with Crippen molar-refractivity contribution in [2.24, 2.45) is 0 Å². The molecule has 3 aliphatic heterocycles. The van der Waals surface area contributed by atoms with Crippen LogP contribution in [0.1, 0.15) is 47.2 Å². The van der Waals surface area contributed by atoms with E-state index in [0.29, 0.717) is 29.0 Å². The van der Waals surface area contributed by atoms with E-state index in [1.165, 1.54) is 6.07 Å². The second-order valence-electron chi connectivity index (χ2n) is 8.81. The molecule has 33 heavy (non-hydrogen) atoms. The number of nitrogens with one attached hydrogen (secondary N) is 1. The van der Waals surface area contributed by atoms with Crippen LogP contribution in [0.2, 0.25) is 0 Å². The summed E-state index contributed by atoms with van der Waals surface area (Å²) in [6.07, 6.45) is 0.0812. The number of hydrogen-bond acceptors (Lipinski definition) is 7. The Morgan fingerprint density at radius 2 is 2.15 bits per heavy atom. The van der Waals surface area contributed by atoms with Gasteiger partial charge in [-0.1, -0.05) is 6.92 Å². The van der Waals surface area contributed by atoms with Crippen molar-refractivity contribution in [2.45, 2.75) is 50.0 Å². The molecule has 0 unspecified atom stereocenters. The van der Waals surface area contributed by atoms with Crippen molar-refractivity contribution >= 4 is 28.6 Å². The van der Waals surface area contributed by atoms with E-state index in [0.717, 1.165) is 27.2 Å². The van der Waals surface area contributed by atoms with Gasteiger partial charge < -0.3 is 19.7 Å². The summed E-state index contributed by atoms with van der Waals surface area (Å²) < 4.78 is 21.5. The fourth-order valence-electron chi connectivity index (χ4n) is 5.35. The molecule has 2 N–H and O–H groups in total. The number of ether oxygens (including phenoxy) is 1. The van der Waals surface area contributed by atoms with Crippen molar-refractivity contribution in [3.63, 3.8) is 0 Å². The molecular weight excluding hydrogens is 445 g/mol. The molecule has 2 atom stereocenters. The van der Waals surface area contributed by atoms with E-state index in [4.69, 9.17) is 9.72 Å². The highest BCUT2D eigenvalue weighted by Gasteiger charge is 2.45. The molecule has 0 saturated heterocycles. The Morgan fingerprint density at radius 1 is 1.36 bits per heavy atom. The topological polar surface area (TPSA) is 93.5 Å². The second-order valence-corrected chi connectivity index (χ2v) is 9.84. The minimum absolute atomic E-state index is 0.0173. The summed E-state index contributed by atoms with van der Waals surface area (Å²) >= 11 is 1.61. The largest absolute Gasteiger partial charge is 0.458 e. The number of nitrogens with zero attached hydrogens (tertiary/aromatic N) is 2. The van der Waals surface area contributed by atoms with Gasteiger partial charge in [0, 0.05) is 39.3 Å². The lowest BCUT2D eigenvalue weighted by atomic mass is 9.86. The molecule has 1 aromatic carbocycles. The van der Waals surface area contributed by atoms with Gasteiger partial charge in [0.1, 0.15) is 12.4 Å². The van der Waals surface area contributed by atoms with Crippen LogP contribution in [-0.2, 0) is 28.3 Å². The highest BCUT2D eigenvalue weighted by molar-refractivity contribution is 7.99. The number of carbonyl (C=O) groups is 1. The number of halogens is 1. The van der Waals surface area contributed by atoms with Crippen molar-refractivity contribution in [1.82, 2.24) is 14.9 Å². The van der Waals surface area contributed by atoms with Crippen LogP contribution in [0.25, 0.3) is 22.3 Å². The average Bonchev–Trinajstić information content (AvgIpc) is 3.18. The van der Waals surface area contributed by atoms with E-state index in [2.05, 4.69) is 5.32 Å². The maximum absolute atomic E-state index is 14.7. The summed E-state index contributed by atoms with van der Waals surface area (Å²) in [7, 11) is 1.89. The van der Waals surface area contributed by atoms with Gasteiger partial charge in [0.2, 0.25) is 0 Å². The summed E-state index contributed by atoms with van der Waals surface area (Å²) in [5, 5.41) is 15.4. The van der Waals surface area contributed by atoms with Gasteiger partial charge in [0.15, 0.2) is 5.60 Å². The first-order valence-corrected chi connectivity index (χ1v) is 11.9. The smallest absolute Gasteiger partial charge is 0.343 e. The minimum atomic E-state index is -1.88. The predicted molar refractivity (Wildman–Crippen MR) is 122 cm³/mol. The van der Waals surface area contributed by atoms with Crippen LogP contribution in [0.5, 0.6) is 0 Å². The van der Waals surface area contributed by atoms with Gasteiger partial charge in [0.05, 0.1) is 29.0 Å². The predicted octanol–water partition coefficient (Wildman–Crippen LogP) is 2.89. The maximum atomic E-state index is 14.7. The van der Waals surface area contributed by atoms with E-state index >= 15 is 0 Å². The van der Waals surface area contributed by atoms with E-state index in [-0.39, 0.29) is 41.6 Å². The van der Waals surface area contributed by atoms with Crippen molar-refractivity contribution in [1.29, 1.82) is 0 Å². The number of esters is 1. The van der Waals surface area contributed by atoms with Gasteiger partial charge in [-0.05, 0) is 37.6 Å². The van der Waals surface area contributed by atoms with Crippen molar-refractivity contribution in [2.75, 3.05) is 12.8 Å². The Bertz CT molecular complexity index is 1470. The zero-order valence-corrected chi connectivity index (χ0v) is 19.2. The van der Waals surface area contributed by atoms with E-state index in [1.54, 1.807) is 36.2 Å². The number of carbonyl (C=O) groups excluding carboxylic acids is 1. The van der Waals surface area contributed by atoms with Crippen LogP contribution < -0.4 is 10.9 Å². The van der Waals surface area contributed by atoms with Gasteiger partial charge in [-0.15, -0.1) is 11.8 Å². The lowest BCUT2D eigenvalue weighted by molar-refractivity contribution is -0.172. The third-order valence-corrected chi connectivity index (χ3v) is 8.55. The normalized spacial score (nSPS) is 22.7. The SMILES string of the molecule is CC[C@@]1(O)C(=O)OCc2c1cc1n(c2=O)Cc2c-1nc1cc(F)c(C)c3c1c2[C@H](NC)CS3. The third kappa shape index (κ3) is 2.55. The Labute approximate surface area is 193 Å². The number of benzene rings is 1. The molecule has 6 rings (SSSR count). The van der Waals surface area contributed by atoms with Crippen LogP contribution in [0.15, 0.2) is 21.8 Å². The van der Waals surface area contributed by atoms with Gasteiger partial charge in [-0.3, -0.25) is 4.79 Å². The minimum Gasteiger partial charge on any atom is -0.458 e. The zero-order valence-electron chi connectivity index (χ0n) is 18.4. The second kappa shape index (κ2) is 6.88.